The quantitative estimate of drug-likeness (QED) is 0.894. The molecule has 0 unspecified atom stereocenters. The molecule has 21 heavy (non-hydrogen) atoms. The highest BCUT2D eigenvalue weighted by Gasteiger charge is 2.35. The molecule has 0 bridgehead atoms. The van der Waals surface area contributed by atoms with Gasteiger partial charge in [0.25, 0.3) is 0 Å². The Kier molecular flexibility index (Phi) is 4.87. The van der Waals surface area contributed by atoms with Crippen LogP contribution in [0.4, 0.5) is 24.8 Å². The fourth-order valence-electron chi connectivity index (χ4n) is 2.31. The van der Waals surface area contributed by atoms with Crippen LogP contribution in [0, 0.1) is 5.92 Å². The Balaban J connectivity index is 2.02. The van der Waals surface area contributed by atoms with E-state index in [4.69, 9.17) is 0 Å². The number of hydrogen-bond donors (Lipinski definition) is 2. The predicted octanol–water partition coefficient (Wildman–Crippen LogP) is 2.29. The Bertz CT molecular complexity index is 469. The van der Waals surface area contributed by atoms with Crippen LogP contribution in [0.25, 0.3) is 0 Å². The maximum absolute atomic E-state index is 12.7. The van der Waals surface area contributed by atoms with Crippen LogP contribution in [0.3, 0.4) is 0 Å². The molecule has 1 aromatic heterocycles. The van der Waals surface area contributed by atoms with Crippen molar-refractivity contribution in [3.8, 4) is 0 Å². The van der Waals surface area contributed by atoms with Crippen molar-refractivity contribution in [2.24, 2.45) is 5.92 Å². The van der Waals surface area contributed by atoms with Gasteiger partial charge in [0.1, 0.15) is 11.6 Å². The first kappa shape index (κ1) is 15.8. The van der Waals surface area contributed by atoms with Crippen molar-refractivity contribution in [1.82, 2.24) is 14.9 Å². The Morgan fingerprint density at radius 1 is 1.24 bits per heavy atom. The van der Waals surface area contributed by atoms with Crippen molar-refractivity contribution in [3.63, 3.8) is 0 Å². The molecule has 1 fully saturated rings. The third-order valence-corrected chi connectivity index (χ3v) is 3.65. The molecule has 0 aromatic carbocycles. The number of piperidine rings is 1. The summed E-state index contributed by atoms with van der Waals surface area (Å²) in [6.45, 7) is 2.67. The molecule has 1 saturated heterocycles. The zero-order valence-electron chi connectivity index (χ0n) is 12.2. The second-order valence-electron chi connectivity index (χ2n) is 5.34. The summed E-state index contributed by atoms with van der Waals surface area (Å²) in [7, 11) is 3.60. The minimum absolute atomic E-state index is 0.156. The Morgan fingerprint density at radius 3 is 2.43 bits per heavy atom. The lowest BCUT2D eigenvalue weighted by Crippen LogP contribution is -2.33. The number of anilines is 2. The fraction of sp³-hybridized carbons (Fsp3) is 0.692. The van der Waals surface area contributed by atoms with E-state index in [1.54, 1.807) is 0 Å². The molecule has 1 aliphatic heterocycles. The molecule has 0 saturated carbocycles. The molecule has 1 aromatic rings. The predicted molar refractivity (Wildman–Crippen MR) is 75.3 cm³/mol. The zero-order chi connectivity index (χ0) is 15.5. The molecule has 2 rings (SSSR count). The van der Waals surface area contributed by atoms with Gasteiger partial charge in [0, 0.05) is 19.7 Å². The van der Waals surface area contributed by atoms with E-state index >= 15 is 0 Å². The number of halogens is 3. The van der Waals surface area contributed by atoms with Gasteiger partial charge in [0.05, 0.1) is 0 Å². The summed E-state index contributed by atoms with van der Waals surface area (Å²) in [5.74, 6) is -0.299. The second-order valence-corrected chi connectivity index (χ2v) is 5.34. The van der Waals surface area contributed by atoms with Crippen LogP contribution in [0.5, 0.6) is 0 Å². The van der Waals surface area contributed by atoms with Crippen molar-refractivity contribution in [2.75, 3.05) is 44.4 Å². The summed E-state index contributed by atoms with van der Waals surface area (Å²) in [6.07, 6.45) is -2.46. The van der Waals surface area contributed by atoms with Gasteiger partial charge in [-0.1, -0.05) is 0 Å². The summed E-state index contributed by atoms with van der Waals surface area (Å²) >= 11 is 0. The molecule has 0 radical (unpaired) electrons. The number of aromatic nitrogens is 2. The first-order valence-electron chi connectivity index (χ1n) is 6.95. The number of likely N-dealkylation sites (tertiary alicyclic amines) is 1. The van der Waals surface area contributed by atoms with Gasteiger partial charge in [-0.15, -0.1) is 0 Å². The van der Waals surface area contributed by atoms with E-state index in [1.165, 1.54) is 13.1 Å². The van der Waals surface area contributed by atoms with E-state index in [9.17, 15) is 13.2 Å². The van der Waals surface area contributed by atoms with E-state index < -0.39 is 12.0 Å². The normalized spacial score (nSPS) is 17.8. The Morgan fingerprint density at radius 2 is 1.86 bits per heavy atom. The monoisotopic (exact) mass is 303 g/mol. The van der Waals surface area contributed by atoms with Gasteiger partial charge >= 0.3 is 6.18 Å². The van der Waals surface area contributed by atoms with Crippen LogP contribution < -0.4 is 10.6 Å². The van der Waals surface area contributed by atoms with Gasteiger partial charge in [-0.05, 0) is 38.9 Å². The molecule has 0 aliphatic carbocycles. The lowest BCUT2D eigenvalue weighted by Gasteiger charge is -2.29. The maximum Gasteiger partial charge on any atom is 0.451 e. The summed E-state index contributed by atoms with van der Waals surface area (Å²) in [4.78, 5) is 9.24. The zero-order valence-corrected chi connectivity index (χ0v) is 12.2. The van der Waals surface area contributed by atoms with Crippen molar-refractivity contribution in [1.29, 1.82) is 0 Å². The number of nitrogens with zero attached hydrogens (tertiary/aromatic N) is 3. The first-order chi connectivity index (χ1) is 9.88. The molecular weight excluding hydrogens is 283 g/mol. The molecular formula is C13H20F3N5. The average molecular weight is 303 g/mol. The average Bonchev–Trinajstić information content (AvgIpc) is 2.45. The lowest BCUT2D eigenvalue weighted by molar-refractivity contribution is -0.144. The molecule has 5 nitrogen and oxygen atoms in total. The molecule has 8 heteroatoms. The Hall–Kier alpha value is -1.57. The molecule has 2 N–H and O–H groups in total. The van der Waals surface area contributed by atoms with Gasteiger partial charge in [-0.25, -0.2) is 9.97 Å². The van der Waals surface area contributed by atoms with Gasteiger partial charge in [0.2, 0.25) is 5.82 Å². The van der Waals surface area contributed by atoms with Crippen LogP contribution in [0.1, 0.15) is 18.7 Å². The van der Waals surface area contributed by atoms with Gasteiger partial charge in [-0.2, -0.15) is 13.2 Å². The van der Waals surface area contributed by atoms with E-state index in [0.717, 1.165) is 25.9 Å². The van der Waals surface area contributed by atoms with Crippen LogP contribution >= 0.6 is 0 Å². The Labute approximate surface area is 122 Å². The topological polar surface area (TPSA) is 53.1 Å². The molecule has 2 heterocycles. The maximum atomic E-state index is 12.7. The van der Waals surface area contributed by atoms with Gasteiger partial charge in [-0.3, -0.25) is 0 Å². The summed E-state index contributed by atoms with van der Waals surface area (Å²) in [5, 5.41) is 5.63. The highest BCUT2D eigenvalue weighted by Crippen LogP contribution is 2.28. The number of hydrogen-bond acceptors (Lipinski definition) is 5. The van der Waals surface area contributed by atoms with E-state index in [2.05, 4.69) is 32.5 Å². The molecule has 0 atom stereocenters. The van der Waals surface area contributed by atoms with Crippen molar-refractivity contribution in [3.05, 3.63) is 11.9 Å². The molecule has 118 valence electrons. The lowest BCUT2D eigenvalue weighted by atomic mass is 9.97. The third kappa shape index (κ3) is 4.45. The number of alkyl halides is 3. The first-order valence-corrected chi connectivity index (χ1v) is 6.95. The third-order valence-electron chi connectivity index (χ3n) is 3.65. The minimum atomic E-state index is -4.54. The van der Waals surface area contributed by atoms with Crippen molar-refractivity contribution < 1.29 is 13.2 Å². The highest BCUT2D eigenvalue weighted by molar-refractivity contribution is 5.47. The van der Waals surface area contributed by atoms with Crippen LogP contribution in [0.2, 0.25) is 0 Å². The smallest absolute Gasteiger partial charge is 0.373 e. The SMILES string of the molecule is CNc1cc(NCC2CCN(C)CC2)nc(C(F)(F)F)n1. The van der Waals surface area contributed by atoms with Crippen LogP contribution in [-0.2, 0) is 6.18 Å². The minimum Gasteiger partial charge on any atom is -0.373 e. The molecule has 1 aliphatic rings. The van der Waals surface area contributed by atoms with E-state index in [1.807, 2.05) is 0 Å². The summed E-state index contributed by atoms with van der Waals surface area (Å²) in [6, 6.07) is 1.49. The van der Waals surface area contributed by atoms with Gasteiger partial charge < -0.3 is 15.5 Å². The van der Waals surface area contributed by atoms with Gasteiger partial charge in [0.15, 0.2) is 0 Å². The molecule has 0 amide bonds. The summed E-state index contributed by atoms with van der Waals surface area (Å²) < 4.78 is 38.2. The number of rotatable bonds is 4. The highest BCUT2D eigenvalue weighted by atomic mass is 19.4. The van der Waals surface area contributed by atoms with Crippen molar-refractivity contribution in [2.45, 2.75) is 19.0 Å². The van der Waals surface area contributed by atoms with E-state index in [-0.39, 0.29) is 11.6 Å². The van der Waals surface area contributed by atoms with Crippen LogP contribution in [-0.4, -0.2) is 48.6 Å². The summed E-state index contributed by atoms with van der Waals surface area (Å²) in [5.41, 5.74) is 0. The van der Waals surface area contributed by atoms with E-state index in [0.29, 0.717) is 12.5 Å². The fourth-order valence-corrected chi connectivity index (χ4v) is 2.31. The molecule has 0 spiro atoms. The standard InChI is InChI=1S/C13H20F3N5/c1-17-10-7-11(20-12(19-10)13(14,15)16)18-8-9-3-5-21(2)6-4-9/h7,9H,3-6,8H2,1-2H3,(H2,17,18,19,20). The van der Waals surface area contributed by atoms with Crippen LogP contribution in [0.15, 0.2) is 6.07 Å². The second kappa shape index (κ2) is 6.46. The van der Waals surface area contributed by atoms with Crippen molar-refractivity contribution >= 4 is 11.6 Å². The largest absolute Gasteiger partial charge is 0.451 e. The number of nitrogens with one attached hydrogen (secondary N) is 2.